The van der Waals surface area contributed by atoms with Gasteiger partial charge in [0.1, 0.15) is 0 Å². The SMILES string of the molecule is CC(C)CC[NH+]1CCNC(=O)[C@@H]1CC(=O)[O-]. The number of hydrogen-bond acceptors (Lipinski definition) is 3. The van der Waals surface area contributed by atoms with Gasteiger partial charge in [0.15, 0.2) is 6.04 Å². The molecule has 0 aliphatic carbocycles. The summed E-state index contributed by atoms with van der Waals surface area (Å²) in [6.07, 6.45) is 0.825. The van der Waals surface area contributed by atoms with E-state index in [1.165, 1.54) is 0 Å². The van der Waals surface area contributed by atoms with E-state index in [1.807, 2.05) is 0 Å². The van der Waals surface area contributed by atoms with Gasteiger partial charge in [0.2, 0.25) is 0 Å². The van der Waals surface area contributed by atoms with Crippen LogP contribution in [-0.4, -0.2) is 37.6 Å². The van der Waals surface area contributed by atoms with Crippen LogP contribution in [0.3, 0.4) is 0 Å². The third-order valence-electron chi connectivity index (χ3n) is 2.97. The first-order valence-corrected chi connectivity index (χ1v) is 5.83. The van der Waals surface area contributed by atoms with E-state index in [4.69, 9.17) is 0 Å². The van der Waals surface area contributed by atoms with E-state index in [2.05, 4.69) is 19.2 Å². The Morgan fingerprint density at radius 2 is 2.31 bits per heavy atom. The lowest BCUT2D eigenvalue weighted by molar-refractivity contribution is -0.917. The molecule has 1 aliphatic heterocycles. The largest absolute Gasteiger partial charge is 0.550 e. The van der Waals surface area contributed by atoms with Crippen LogP contribution in [0.1, 0.15) is 26.7 Å². The number of aliphatic carboxylic acids is 1. The zero-order valence-electron chi connectivity index (χ0n) is 9.91. The number of nitrogens with one attached hydrogen (secondary N) is 2. The summed E-state index contributed by atoms with van der Waals surface area (Å²) in [5.41, 5.74) is 0. The van der Waals surface area contributed by atoms with Crippen LogP contribution in [0.25, 0.3) is 0 Å². The fourth-order valence-electron chi connectivity index (χ4n) is 2.01. The molecule has 1 rings (SSSR count). The van der Waals surface area contributed by atoms with Gasteiger partial charge in [-0.05, 0) is 12.3 Å². The molecule has 16 heavy (non-hydrogen) atoms. The lowest BCUT2D eigenvalue weighted by Crippen LogP contribution is -3.19. The molecule has 0 bridgehead atoms. The molecule has 1 heterocycles. The van der Waals surface area contributed by atoms with Crippen molar-refractivity contribution in [2.24, 2.45) is 5.92 Å². The van der Waals surface area contributed by atoms with E-state index in [9.17, 15) is 14.7 Å². The van der Waals surface area contributed by atoms with Crippen molar-refractivity contribution in [2.75, 3.05) is 19.6 Å². The highest BCUT2D eigenvalue weighted by atomic mass is 16.4. The third kappa shape index (κ3) is 3.81. The Bertz CT molecular complexity index is 266. The minimum absolute atomic E-state index is 0.158. The molecular formula is C11H20N2O3. The molecule has 1 aliphatic rings. The molecule has 1 fully saturated rings. The quantitative estimate of drug-likeness (QED) is 0.549. The smallest absolute Gasteiger partial charge is 0.278 e. The van der Waals surface area contributed by atoms with E-state index in [-0.39, 0.29) is 12.3 Å². The first kappa shape index (κ1) is 13.0. The maximum absolute atomic E-state index is 11.6. The Kier molecular flexibility index (Phi) is 4.73. The summed E-state index contributed by atoms with van der Waals surface area (Å²) in [6, 6.07) is -0.475. The summed E-state index contributed by atoms with van der Waals surface area (Å²) in [6.45, 7) is 6.53. The number of carbonyl (C=O) groups is 2. The Balaban J connectivity index is 2.55. The molecule has 0 aromatic rings. The zero-order chi connectivity index (χ0) is 12.1. The standard InChI is InChI=1S/C11H20N2O3/c1-8(2)3-5-13-6-4-12-11(16)9(13)7-10(14)15/h8-9H,3-7H2,1-2H3,(H,12,16)(H,14,15)/t9-/m0/s1. The first-order valence-electron chi connectivity index (χ1n) is 5.83. The number of carbonyl (C=O) groups excluding carboxylic acids is 2. The summed E-state index contributed by atoms with van der Waals surface area (Å²) >= 11 is 0. The van der Waals surface area contributed by atoms with Gasteiger partial charge in [-0.2, -0.15) is 0 Å². The molecule has 1 saturated heterocycles. The molecule has 2 atom stereocenters. The summed E-state index contributed by atoms with van der Waals surface area (Å²) < 4.78 is 0. The summed E-state index contributed by atoms with van der Waals surface area (Å²) in [7, 11) is 0. The summed E-state index contributed by atoms with van der Waals surface area (Å²) in [4.78, 5) is 23.2. The molecular weight excluding hydrogens is 208 g/mol. The highest BCUT2D eigenvalue weighted by Crippen LogP contribution is 1.97. The van der Waals surface area contributed by atoms with Crippen molar-refractivity contribution in [3.8, 4) is 0 Å². The van der Waals surface area contributed by atoms with Crippen molar-refractivity contribution in [1.82, 2.24) is 5.32 Å². The Hall–Kier alpha value is -1.10. The predicted octanol–water partition coefficient (Wildman–Crippen LogP) is -2.44. The van der Waals surface area contributed by atoms with E-state index in [0.29, 0.717) is 12.5 Å². The predicted molar refractivity (Wildman–Crippen MR) is 56.6 cm³/mol. The molecule has 0 radical (unpaired) electrons. The molecule has 0 spiro atoms. The van der Waals surface area contributed by atoms with E-state index in [1.54, 1.807) is 0 Å². The normalized spacial score (nSPS) is 25.6. The molecule has 0 aromatic carbocycles. The van der Waals surface area contributed by atoms with Gasteiger partial charge in [0.25, 0.3) is 5.91 Å². The summed E-state index contributed by atoms with van der Waals surface area (Å²) in [5, 5.41) is 13.3. The van der Waals surface area contributed by atoms with Crippen LogP contribution in [0.5, 0.6) is 0 Å². The Labute approximate surface area is 95.8 Å². The van der Waals surface area contributed by atoms with Crippen LogP contribution in [0.2, 0.25) is 0 Å². The number of carboxylic acids is 1. The highest BCUT2D eigenvalue weighted by Gasteiger charge is 2.33. The fourth-order valence-corrected chi connectivity index (χ4v) is 2.01. The van der Waals surface area contributed by atoms with Gasteiger partial charge in [0.05, 0.1) is 19.6 Å². The number of rotatable bonds is 5. The molecule has 5 nitrogen and oxygen atoms in total. The van der Waals surface area contributed by atoms with Crippen molar-refractivity contribution in [3.63, 3.8) is 0 Å². The van der Waals surface area contributed by atoms with Gasteiger partial charge in [0, 0.05) is 12.4 Å². The van der Waals surface area contributed by atoms with Crippen LogP contribution in [0, 0.1) is 5.92 Å². The van der Waals surface area contributed by atoms with Crippen molar-refractivity contribution in [3.05, 3.63) is 0 Å². The molecule has 1 unspecified atom stereocenters. The second-order valence-electron chi connectivity index (χ2n) is 4.76. The van der Waals surface area contributed by atoms with E-state index in [0.717, 1.165) is 24.4 Å². The lowest BCUT2D eigenvalue weighted by Gasteiger charge is -2.32. The number of quaternary nitrogens is 1. The van der Waals surface area contributed by atoms with Crippen LogP contribution >= 0.6 is 0 Å². The fraction of sp³-hybridized carbons (Fsp3) is 0.818. The maximum atomic E-state index is 11.6. The molecule has 92 valence electrons. The maximum Gasteiger partial charge on any atom is 0.278 e. The van der Waals surface area contributed by atoms with Crippen LogP contribution in [0.15, 0.2) is 0 Å². The minimum Gasteiger partial charge on any atom is -0.550 e. The second kappa shape index (κ2) is 5.84. The van der Waals surface area contributed by atoms with Gasteiger partial charge in [-0.15, -0.1) is 0 Å². The zero-order valence-corrected chi connectivity index (χ0v) is 9.91. The van der Waals surface area contributed by atoms with Gasteiger partial charge in [-0.3, -0.25) is 4.79 Å². The molecule has 1 amide bonds. The molecule has 0 aromatic heterocycles. The first-order chi connectivity index (χ1) is 7.50. The van der Waals surface area contributed by atoms with Crippen molar-refractivity contribution < 1.29 is 19.6 Å². The Morgan fingerprint density at radius 1 is 1.62 bits per heavy atom. The minimum atomic E-state index is -1.15. The highest BCUT2D eigenvalue weighted by molar-refractivity contribution is 5.84. The van der Waals surface area contributed by atoms with Crippen molar-refractivity contribution in [1.29, 1.82) is 0 Å². The van der Waals surface area contributed by atoms with Gasteiger partial charge in [-0.25, -0.2) is 0 Å². The average molecular weight is 228 g/mol. The van der Waals surface area contributed by atoms with E-state index >= 15 is 0 Å². The van der Waals surface area contributed by atoms with Crippen LogP contribution in [-0.2, 0) is 9.59 Å². The monoisotopic (exact) mass is 228 g/mol. The van der Waals surface area contributed by atoms with Crippen LogP contribution < -0.4 is 15.3 Å². The van der Waals surface area contributed by atoms with Gasteiger partial charge < -0.3 is 20.1 Å². The number of carboxylic acid groups (broad SMARTS) is 1. The summed E-state index contributed by atoms with van der Waals surface area (Å²) in [5.74, 6) is -0.737. The number of amides is 1. The lowest BCUT2D eigenvalue weighted by atomic mass is 10.1. The molecule has 5 heteroatoms. The topological polar surface area (TPSA) is 73.7 Å². The third-order valence-corrected chi connectivity index (χ3v) is 2.97. The second-order valence-corrected chi connectivity index (χ2v) is 4.76. The van der Waals surface area contributed by atoms with Gasteiger partial charge >= 0.3 is 0 Å². The number of hydrogen-bond donors (Lipinski definition) is 2. The van der Waals surface area contributed by atoms with Crippen molar-refractivity contribution in [2.45, 2.75) is 32.7 Å². The number of piperazine rings is 1. The molecule has 0 saturated carbocycles. The van der Waals surface area contributed by atoms with Gasteiger partial charge in [-0.1, -0.05) is 13.8 Å². The molecule has 2 N–H and O–H groups in total. The van der Waals surface area contributed by atoms with Crippen molar-refractivity contribution >= 4 is 11.9 Å². The van der Waals surface area contributed by atoms with E-state index < -0.39 is 12.0 Å². The average Bonchev–Trinajstić information content (AvgIpc) is 2.18. The van der Waals surface area contributed by atoms with Crippen LogP contribution in [0.4, 0.5) is 0 Å². The Morgan fingerprint density at radius 3 is 2.88 bits per heavy atom.